The summed E-state index contributed by atoms with van der Waals surface area (Å²) in [6, 6.07) is 20.5. The van der Waals surface area contributed by atoms with Gasteiger partial charge in [0.2, 0.25) is 0 Å². The van der Waals surface area contributed by atoms with Gasteiger partial charge in [-0.15, -0.1) is 0 Å². The van der Waals surface area contributed by atoms with Gasteiger partial charge in [0.05, 0.1) is 30.4 Å². The van der Waals surface area contributed by atoms with Gasteiger partial charge in [-0.3, -0.25) is 9.59 Å². The van der Waals surface area contributed by atoms with Crippen molar-refractivity contribution < 1.29 is 19.1 Å². The molecule has 0 spiro atoms. The van der Waals surface area contributed by atoms with Crippen molar-refractivity contribution in [2.75, 3.05) is 19.1 Å². The van der Waals surface area contributed by atoms with Crippen LogP contribution in [0.1, 0.15) is 16.7 Å². The highest BCUT2D eigenvalue weighted by atomic mass is 32.2. The highest BCUT2D eigenvalue weighted by molar-refractivity contribution is 8.04. The Bertz CT molecular complexity index is 1230. The van der Waals surface area contributed by atoms with Crippen molar-refractivity contribution in [3.63, 3.8) is 0 Å². The summed E-state index contributed by atoms with van der Waals surface area (Å²) in [5.74, 6) is 0.262. The van der Waals surface area contributed by atoms with Crippen LogP contribution in [0.4, 0.5) is 5.69 Å². The van der Waals surface area contributed by atoms with Crippen LogP contribution >= 0.6 is 11.8 Å². The zero-order valence-corrected chi connectivity index (χ0v) is 19.2. The van der Waals surface area contributed by atoms with Gasteiger partial charge < -0.3 is 9.47 Å². The number of anilines is 1. The number of carbonyl (C=O) groups excluding carboxylic acids is 2. The number of methoxy groups -OCH3 is 2. The van der Waals surface area contributed by atoms with E-state index in [9.17, 15) is 9.59 Å². The summed E-state index contributed by atoms with van der Waals surface area (Å²) in [5.41, 5.74) is 3.65. The molecule has 0 N–H and O–H groups in total. The van der Waals surface area contributed by atoms with Crippen molar-refractivity contribution in [2.45, 2.75) is 18.7 Å². The Morgan fingerprint density at radius 3 is 2.16 bits per heavy atom. The standard InChI is InChI=1S/C26H23NO4S/c1-16-10-12-20(17(2)14-16)23-24(32-19-8-6-5-7-9-19)26(29)27(25(23)28)18-11-13-21(30-3)22(15-18)31-4/h5-15H,1-4H3. The summed E-state index contributed by atoms with van der Waals surface area (Å²) in [7, 11) is 3.06. The zero-order chi connectivity index (χ0) is 22.8. The van der Waals surface area contributed by atoms with Gasteiger partial charge in [0.25, 0.3) is 11.8 Å². The summed E-state index contributed by atoms with van der Waals surface area (Å²) in [6.45, 7) is 3.96. The number of aryl methyl sites for hydroxylation is 2. The zero-order valence-electron chi connectivity index (χ0n) is 18.3. The molecular weight excluding hydrogens is 422 g/mol. The molecule has 3 aromatic rings. The maximum atomic E-state index is 13.7. The molecule has 1 aliphatic rings. The Balaban J connectivity index is 1.85. The first-order valence-electron chi connectivity index (χ1n) is 10.1. The summed E-state index contributed by atoms with van der Waals surface area (Å²) in [5, 5.41) is 0. The molecule has 0 bridgehead atoms. The Kier molecular flexibility index (Phi) is 6.06. The fourth-order valence-electron chi connectivity index (χ4n) is 3.74. The maximum absolute atomic E-state index is 13.7. The third kappa shape index (κ3) is 3.89. The van der Waals surface area contributed by atoms with Crippen molar-refractivity contribution >= 4 is 34.8 Å². The molecule has 5 nitrogen and oxygen atoms in total. The molecule has 0 unspecified atom stereocenters. The Morgan fingerprint density at radius 1 is 0.781 bits per heavy atom. The normalized spacial score (nSPS) is 13.7. The third-order valence-corrected chi connectivity index (χ3v) is 6.37. The van der Waals surface area contributed by atoms with Gasteiger partial charge in [-0.25, -0.2) is 4.90 Å². The van der Waals surface area contributed by atoms with E-state index in [2.05, 4.69) is 0 Å². The number of nitrogens with zero attached hydrogens (tertiary/aromatic N) is 1. The molecule has 162 valence electrons. The monoisotopic (exact) mass is 445 g/mol. The largest absolute Gasteiger partial charge is 0.493 e. The lowest BCUT2D eigenvalue weighted by Gasteiger charge is -2.17. The number of carbonyl (C=O) groups is 2. The minimum Gasteiger partial charge on any atom is -0.493 e. The predicted octanol–water partition coefficient (Wildman–Crippen LogP) is 5.40. The fourth-order valence-corrected chi connectivity index (χ4v) is 4.75. The molecule has 4 rings (SSSR count). The van der Waals surface area contributed by atoms with Crippen LogP contribution in [0.3, 0.4) is 0 Å². The minimum atomic E-state index is -0.356. The van der Waals surface area contributed by atoms with Crippen molar-refractivity contribution in [3.05, 3.63) is 88.3 Å². The van der Waals surface area contributed by atoms with E-state index in [0.29, 0.717) is 27.7 Å². The molecule has 0 saturated heterocycles. The maximum Gasteiger partial charge on any atom is 0.272 e. The second-order valence-corrected chi connectivity index (χ2v) is 8.51. The lowest BCUT2D eigenvalue weighted by atomic mass is 9.99. The molecule has 3 aromatic carbocycles. The molecule has 2 amide bonds. The first-order chi connectivity index (χ1) is 15.4. The number of benzene rings is 3. The van der Waals surface area contributed by atoms with Gasteiger partial charge in [-0.05, 0) is 49.2 Å². The highest BCUT2D eigenvalue weighted by Gasteiger charge is 2.41. The average molecular weight is 446 g/mol. The van der Waals surface area contributed by atoms with E-state index in [0.717, 1.165) is 21.6 Å². The SMILES string of the molecule is COc1ccc(N2C(=O)C(Sc3ccccc3)=C(c3ccc(C)cc3C)C2=O)cc1OC. The summed E-state index contributed by atoms with van der Waals surface area (Å²) >= 11 is 1.31. The quantitative estimate of drug-likeness (QED) is 0.476. The van der Waals surface area contributed by atoms with Crippen molar-refractivity contribution in [1.29, 1.82) is 0 Å². The van der Waals surface area contributed by atoms with Gasteiger partial charge in [0.1, 0.15) is 0 Å². The molecule has 0 atom stereocenters. The van der Waals surface area contributed by atoms with Crippen LogP contribution in [0, 0.1) is 13.8 Å². The van der Waals surface area contributed by atoms with E-state index in [1.165, 1.54) is 30.9 Å². The molecule has 0 aromatic heterocycles. The topological polar surface area (TPSA) is 55.8 Å². The summed E-state index contributed by atoms with van der Waals surface area (Å²) < 4.78 is 10.7. The molecule has 0 saturated carbocycles. The smallest absolute Gasteiger partial charge is 0.272 e. The average Bonchev–Trinajstić information content (AvgIpc) is 3.03. The van der Waals surface area contributed by atoms with Gasteiger partial charge in [0.15, 0.2) is 11.5 Å². The van der Waals surface area contributed by atoms with Crippen LogP contribution in [0.2, 0.25) is 0 Å². The molecule has 32 heavy (non-hydrogen) atoms. The molecule has 1 aliphatic heterocycles. The van der Waals surface area contributed by atoms with Crippen LogP contribution in [-0.4, -0.2) is 26.0 Å². The molecular formula is C26H23NO4S. The second-order valence-electron chi connectivity index (χ2n) is 7.42. The van der Waals surface area contributed by atoms with Crippen molar-refractivity contribution in [3.8, 4) is 11.5 Å². The van der Waals surface area contributed by atoms with Gasteiger partial charge >= 0.3 is 0 Å². The van der Waals surface area contributed by atoms with Crippen molar-refractivity contribution in [1.82, 2.24) is 0 Å². The van der Waals surface area contributed by atoms with Crippen LogP contribution in [0.15, 0.2) is 76.5 Å². The number of hydrogen-bond donors (Lipinski definition) is 0. The Hall–Kier alpha value is -3.51. The number of thioether (sulfide) groups is 1. The second kappa shape index (κ2) is 8.93. The van der Waals surface area contributed by atoms with Crippen LogP contribution in [0.5, 0.6) is 11.5 Å². The number of amides is 2. The summed E-state index contributed by atoms with van der Waals surface area (Å²) in [4.78, 5) is 29.8. The first kappa shape index (κ1) is 21.7. The van der Waals surface area contributed by atoms with Gasteiger partial charge in [-0.2, -0.15) is 0 Å². The van der Waals surface area contributed by atoms with E-state index in [1.807, 2.05) is 62.4 Å². The first-order valence-corrected chi connectivity index (χ1v) is 10.9. The lowest BCUT2D eigenvalue weighted by molar-refractivity contribution is -0.119. The number of hydrogen-bond acceptors (Lipinski definition) is 5. The molecule has 6 heteroatoms. The minimum absolute atomic E-state index is 0.354. The van der Waals surface area contributed by atoms with E-state index in [1.54, 1.807) is 18.2 Å². The lowest BCUT2D eigenvalue weighted by Crippen LogP contribution is -2.31. The summed E-state index contributed by atoms with van der Waals surface area (Å²) in [6.07, 6.45) is 0. The fraction of sp³-hybridized carbons (Fsp3) is 0.154. The third-order valence-electron chi connectivity index (χ3n) is 5.28. The molecule has 0 aliphatic carbocycles. The number of ether oxygens (including phenoxy) is 2. The van der Waals surface area contributed by atoms with E-state index in [4.69, 9.17) is 9.47 Å². The molecule has 0 radical (unpaired) electrons. The molecule has 1 heterocycles. The molecule has 0 fully saturated rings. The van der Waals surface area contributed by atoms with E-state index >= 15 is 0 Å². The van der Waals surface area contributed by atoms with E-state index < -0.39 is 0 Å². The van der Waals surface area contributed by atoms with E-state index in [-0.39, 0.29) is 11.8 Å². The number of imide groups is 1. The van der Waals surface area contributed by atoms with Gasteiger partial charge in [0, 0.05) is 11.0 Å². The van der Waals surface area contributed by atoms with Crippen LogP contribution in [0.25, 0.3) is 5.57 Å². The Labute approximate surface area is 191 Å². The number of rotatable bonds is 6. The van der Waals surface area contributed by atoms with Gasteiger partial charge in [-0.1, -0.05) is 53.7 Å². The predicted molar refractivity (Wildman–Crippen MR) is 127 cm³/mol. The highest BCUT2D eigenvalue weighted by Crippen LogP contribution is 2.43. The van der Waals surface area contributed by atoms with Crippen molar-refractivity contribution in [2.24, 2.45) is 0 Å². The Morgan fingerprint density at radius 2 is 1.50 bits per heavy atom. The van der Waals surface area contributed by atoms with Crippen LogP contribution < -0.4 is 14.4 Å². The van der Waals surface area contributed by atoms with Crippen LogP contribution in [-0.2, 0) is 9.59 Å².